The quantitative estimate of drug-likeness (QED) is 0.280. The van der Waals surface area contributed by atoms with E-state index in [9.17, 15) is 9.59 Å². The highest BCUT2D eigenvalue weighted by Gasteiger charge is 2.28. The molecule has 0 radical (unpaired) electrons. The lowest BCUT2D eigenvalue weighted by atomic mass is 10.1. The van der Waals surface area contributed by atoms with Gasteiger partial charge in [-0.1, -0.05) is 22.0 Å². The summed E-state index contributed by atoms with van der Waals surface area (Å²) in [5, 5.41) is 0. The summed E-state index contributed by atoms with van der Waals surface area (Å²) < 4.78 is 22.5. The molecule has 4 rings (SSSR count). The Morgan fingerprint density at radius 3 is 2.39 bits per heavy atom. The number of carbonyl (C=O) groups excluding carboxylic acids is 2. The molecule has 0 spiro atoms. The number of Topliss-reactive ketones (excluding diaryl/α,β-unsaturated/α-hetero) is 1. The zero-order valence-corrected chi connectivity index (χ0v) is 18.3. The first kappa shape index (κ1) is 20.7. The Kier molecular flexibility index (Phi) is 5.77. The van der Waals surface area contributed by atoms with Crippen molar-refractivity contribution >= 4 is 33.8 Å². The summed E-state index contributed by atoms with van der Waals surface area (Å²) in [5.41, 5.74) is 1.53. The van der Waals surface area contributed by atoms with E-state index in [1.807, 2.05) is 0 Å². The highest BCUT2D eigenvalue weighted by molar-refractivity contribution is 9.10. The van der Waals surface area contributed by atoms with Gasteiger partial charge in [0, 0.05) is 10.5 Å². The number of allylic oxidation sites excluding steroid dienone is 1. The van der Waals surface area contributed by atoms with Crippen molar-refractivity contribution in [2.45, 2.75) is 0 Å². The van der Waals surface area contributed by atoms with Gasteiger partial charge in [0.15, 0.2) is 17.3 Å². The number of benzene rings is 3. The van der Waals surface area contributed by atoms with E-state index >= 15 is 0 Å². The van der Waals surface area contributed by atoms with Crippen LogP contribution in [0.2, 0.25) is 0 Å². The molecule has 0 fully saturated rings. The lowest BCUT2D eigenvalue weighted by Gasteiger charge is -2.08. The maximum atomic E-state index is 12.7. The number of ketones is 1. The summed E-state index contributed by atoms with van der Waals surface area (Å²) in [7, 11) is 3.09. The van der Waals surface area contributed by atoms with Gasteiger partial charge in [-0.3, -0.25) is 4.79 Å². The van der Waals surface area contributed by atoms with Gasteiger partial charge in [0.1, 0.15) is 11.5 Å². The molecule has 31 heavy (non-hydrogen) atoms. The van der Waals surface area contributed by atoms with E-state index in [4.69, 9.17) is 18.9 Å². The maximum Gasteiger partial charge on any atom is 0.343 e. The fraction of sp³-hybridized carbons (Fsp3) is 0.0833. The summed E-state index contributed by atoms with van der Waals surface area (Å²) in [6.45, 7) is 0. The summed E-state index contributed by atoms with van der Waals surface area (Å²) in [4.78, 5) is 25.0. The average Bonchev–Trinajstić information content (AvgIpc) is 3.08. The summed E-state index contributed by atoms with van der Waals surface area (Å²) in [5.74, 6) is 1.16. The Balaban J connectivity index is 1.55. The molecular weight excluding hydrogens is 464 g/mol. The van der Waals surface area contributed by atoms with Gasteiger partial charge >= 0.3 is 5.97 Å². The minimum absolute atomic E-state index is 0.165. The fourth-order valence-electron chi connectivity index (χ4n) is 3.08. The molecule has 0 aromatic heterocycles. The van der Waals surface area contributed by atoms with Crippen LogP contribution in [0.3, 0.4) is 0 Å². The van der Waals surface area contributed by atoms with Crippen LogP contribution in [-0.4, -0.2) is 26.0 Å². The number of hydrogen-bond acceptors (Lipinski definition) is 6. The minimum Gasteiger partial charge on any atom is -0.493 e. The maximum absolute atomic E-state index is 12.7. The van der Waals surface area contributed by atoms with Crippen molar-refractivity contribution in [2.75, 3.05) is 14.2 Å². The lowest BCUT2D eigenvalue weighted by molar-refractivity contribution is 0.0734. The van der Waals surface area contributed by atoms with Crippen LogP contribution in [0.5, 0.6) is 23.0 Å². The van der Waals surface area contributed by atoms with E-state index in [0.29, 0.717) is 28.4 Å². The van der Waals surface area contributed by atoms with Crippen molar-refractivity contribution in [3.05, 3.63) is 87.6 Å². The van der Waals surface area contributed by atoms with E-state index in [1.54, 1.807) is 74.9 Å². The molecule has 3 aromatic rings. The number of rotatable bonds is 5. The predicted molar refractivity (Wildman–Crippen MR) is 118 cm³/mol. The van der Waals surface area contributed by atoms with E-state index in [1.165, 1.54) is 6.07 Å². The molecule has 156 valence electrons. The van der Waals surface area contributed by atoms with Gasteiger partial charge in [-0.2, -0.15) is 0 Å². The number of carbonyl (C=O) groups is 2. The van der Waals surface area contributed by atoms with Crippen LogP contribution in [0.15, 0.2) is 70.9 Å². The molecule has 0 amide bonds. The molecule has 7 heteroatoms. The monoisotopic (exact) mass is 480 g/mol. The number of ether oxygens (including phenoxy) is 4. The van der Waals surface area contributed by atoms with Crippen molar-refractivity contribution in [2.24, 2.45) is 0 Å². The molecule has 0 N–H and O–H groups in total. The van der Waals surface area contributed by atoms with Gasteiger partial charge in [0.25, 0.3) is 0 Å². The van der Waals surface area contributed by atoms with Gasteiger partial charge in [-0.25, -0.2) is 4.79 Å². The van der Waals surface area contributed by atoms with Gasteiger partial charge in [0.2, 0.25) is 5.78 Å². The van der Waals surface area contributed by atoms with E-state index < -0.39 is 5.97 Å². The topological polar surface area (TPSA) is 71.1 Å². The van der Waals surface area contributed by atoms with Crippen LogP contribution < -0.4 is 18.9 Å². The van der Waals surface area contributed by atoms with Crippen LogP contribution in [-0.2, 0) is 0 Å². The number of halogens is 1. The standard InChI is InChI=1S/C24H17BrO6/c1-28-19-10-3-14(11-21(19)29-2)12-22-23(26)18-9-8-17(13-20(18)31-22)30-24(27)15-4-6-16(25)7-5-15/h3-13H,1-2H3. The van der Waals surface area contributed by atoms with Crippen molar-refractivity contribution in [3.63, 3.8) is 0 Å². The Labute approximate surface area is 187 Å². The molecule has 1 aliphatic heterocycles. The Morgan fingerprint density at radius 2 is 1.68 bits per heavy atom. The fourth-order valence-corrected chi connectivity index (χ4v) is 3.34. The first-order valence-corrected chi connectivity index (χ1v) is 10.1. The second-order valence-corrected chi connectivity index (χ2v) is 7.52. The molecule has 0 saturated carbocycles. The Bertz CT molecular complexity index is 1200. The zero-order valence-electron chi connectivity index (χ0n) is 16.7. The smallest absolute Gasteiger partial charge is 0.343 e. The number of hydrogen-bond donors (Lipinski definition) is 0. The first-order valence-electron chi connectivity index (χ1n) is 9.26. The SMILES string of the molecule is COc1ccc(C=C2Oc3cc(OC(=O)c4ccc(Br)cc4)ccc3C2=O)cc1OC. The highest BCUT2D eigenvalue weighted by Crippen LogP contribution is 2.36. The van der Waals surface area contributed by atoms with E-state index in [0.717, 1.165) is 10.0 Å². The highest BCUT2D eigenvalue weighted by atomic mass is 79.9. The third-order valence-electron chi connectivity index (χ3n) is 4.64. The van der Waals surface area contributed by atoms with E-state index in [2.05, 4.69) is 15.9 Å². The van der Waals surface area contributed by atoms with Crippen molar-refractivity contribution in [1.82, 2.24) is 0 Å². The van der Waals surface area contributed by atoms with Crippen LogP contribution in [0.25, 0.3) is 6.08 Å². The molecule has 0 unspecified atom stereocenters. The molecule has 0 aliphatic carbocycles. The minimum atomic E-state index is -0.502. The molecule has 0 saturated heterocycles. The van der Waals surface area contributed by atoms with Crippen molar-refractivity contribution in [3.8, 4) is 23.0 Å². The molecule has 0 atom stereocenters. The summed E-state index contributed by atoms with van der Waals surface area (Å²) >= 11 is 3.33. The summed E-state index contributed by atoms with van der Waals surface area (Å²) in [6.07, 6.45) is 1.62. The number of methoxy groups -OCH3 is 2. The molecule has 6 nitrogen and oxygen atoms in total. The molecule has 1 aliphatic rings. The van der Waals surface area contributed by atoms with Crippen LogP contribution in [0.4, 0.5) is 0 Å². The van der Waals surface area contributed by atoms with Crippen molar-refractivity contribution < 1.29 is 28.5 Å². The van der Waals surface area contributed by atoms with Crippen LogP contribution in [0.1, 0.15) is 26.3 Å². The molecule has 0 bridgehead atoms. The number of esters is 1. The third-order valence-corrected chi connectivity index (χ3v) is 5.17. The zero-order chi connectivity index (χ0) is 22.0. The Morgan fingerprint density at radius 1 is 0.935 bits per heavy atom. The third kappa shape index (κ3) is 4.32. The lowest BCUT2D eigenvalue weighted by Crippen LogP contribution is -2.08. The predicted octanol–water partition coefficient (Wildman–Crippen LogP) is 5.30. The van der Waals surface area contributed by atoms with Crippen molar-refractivity contribution in [1.29, 1.82) is 0 Å². The number of fused-ring (bicyclic) bond motifs is 1. The molecule has 1 heterocycles. The first-order chi connectivity index (χ1) is 15.0. The van der Waals surface area contributed by atoms with Gasteiger partial charge in [0.05, 0.1) is 25.3 Å². The van der Waals surface area contributed by atoms with Gasteiger partial charge in [-0.15, -0.1) is 0 Å². The van der Waals surface area contributed by atoms with Crippen LogP contribution in [0, 0.1) is 0 Å². The van der Waals surface area contributed by atoms with Gasteiger partial charge < -0.3 is 18.9 Å². The largest absolute Gasteiger partial charge is 0.493 e. The second-order valence-electron chi connectivity index (χ2n) is 6.61. The van der Waals surface area contributed by atoms with E-state index in [-0.39, 0.29) is 17.3 Å². The molecular formula is C24H17BrO6. The normalized spacial score (nSPS) is 13.5. The second kappa shape index (κ2) is 8.65. The summed E-state index contributed by atoms with van der Waals surface area (Å²) in [6, 6.07) is 16.8. The van der Waals surface area contributed by atoms with Crippen LogP contribution >= 0.6 is 15.9 Å². The van der Waals surface area contributed by atoms with Gasteiger partial charge in [-0.05, 0) is 60.2 Å². The average molecular weight is 481 g/mol. The Hall–Kier alpha value is -3.58. The molecule has 3 aromatic carbocycles.